The van der Waals surface area contributed by atoms with E-state index in [1.54, 1.807) is 0 Å². The molecule has 6 heteroatoms. The van der Waals surface area contributed by atoms with E-state index in [4.69, 9.17) is 5.73 Å². The normalized spacial score (nSPS) is 10.2. The highest BCUT2D eigenvalue weighted by atomic mass is 19.1. The van der Waals surface area contributed by atoms with Crippen molar-refractivity contribution in [2.75, 3.05) is 30.0 Å². The number of rotatable bonds is 3. The van der Waals surface area contributed by atoms with Crippen molar-refractivity contribution in [1.29, 1.82) is 0 Å². The Labute approximate surface area is 104 Å². The van der Waals surface area contributed by atoms with Crippen LogP contribution in [0.25, 0.3) is 0 Å². The van der Waals surface area contributed by atoms with Crippen LogP contribution in [0, 0.1) is 5.82 Å². The number of benzene rings is 1. The van der Waals surface area contributed by atoms with Gasteiger partial charge in [0.25, 0.3) is 0 Å². The molecular weight excluding hydrogens is 233 g/mol. The summed E-state index contributed by atoms with van der Waals surface area (Å²) in [5.41, 5.74) is 7.20. The summed E-state index contributed by atoms with van der Waals surface area (Å²) in [6, 6.07) is 7.52. The fourth-order valence-corrected chi connectivity index (χ4v) is 1.45. The Balaban J connectivity index is 2.21. The van der Waals surface area contributed by atoms with Crippen molar-refractivity contribution >= 4 is 23.1 Å². The molecule has 0 saturated carbocycles. The number of hydrogen-bond acceptors (Lipinski definition) is 5. The Morgan fingerprint density at radius 1 is 1.22 bits per heavy atom. The first-order chi connectivity index (χ1) is 8.56. The first kappa shape index (κ1) is 12.1. The van der Waals surface area contributed by atoms with Crippen LogP contribution in [0.5, 0.6) is 0 Å². The van der Waals surface area contributed by atoms with Crippen LogP contribution < -0.4 is 16.0 Å². The van der Waals surface area contributed by atoms with E-state index in [9.17, 15) is 4.39 Å². The van der Waals surface area contributed by atoms with E-state index in [-0.39, 0.29) is 11.8 Å². The topological polar surface area (TPSA) is 67.1 Å². The number of anilines is 4. The van der Waals surface area contributed by atoms with E-state index in [0.717, 1.165) is 17.6 Å². The van der Waals surface area contributed by atoms with Gasteiger partial charge in [-0.15, -0.1) is 0 Å². The number of hydrogen-bond donors (Lipinski definition) is 2. The molecule has 1 heterocycles. The predicted molar refractivity (Wildman–Crippen MR) is 70.5 cm³/mol. The molecule has 2 aromatic rings. The van der Waals surface area contributed by atoms with Gasteiger partial charge >= 0.3 is 0 Å². The molecule has 2 rings (SSSR count). The zero-order valence-corrected chi connectivity index (χ0v) is 10.2. The van der Waals surface area contributed by atoms with E-state index in [0.29, 0.717) is 0 Å². The van der Waals surface area contributed by atoms with Gasteiger partial charge in [0.15, 0.2) is 11.6 Å². The van der Waals surface area contributed by atoms with Crippen LogP contribution in [-0.4, -0.2) is 24.1 Å². The van der Waals surface area contributed by atoms with Gasteiger partial charge in [0.1, 0.15) is 0 Å². The molecule has 0 bridgehead atoms. The van der Waals surface area contributed by atoms with Gasteiger partial charge in [0.2, 0.25) is 5.95 Å². The SMILES string of the molecule is CN(C)c1ccc(Nc2nc(N)ncc2F)cc1. The van der Waals surface area contributed by atoms with Crippen molar-refractivity contribution in [2.24, 2.45) is 0 Å². The smallest absolute Gasteiger partial charge is 0.222 e. The van der Waals surface area contributed by atoms with Crippen LogP contribution in [0.4, 0.5) is 27.5 Å². The second-order valence-corrected chi connectivity index (χ2v) is 3.99. The largest absolute Gasteiger partial charge is 0.378 e. The summed E-state index contributed by atoms with van der Waals surface area (Å²) in [4.78, 5) is 9.34. The summed E-state index contributed by atoms with van der Waals surface area (Å²) in [6.45, 7) is 0. The summed E-state index contributed by atoms with van der Waals surface area (Å²) in [6.07, 6.45) is 1.04. The first-order valence-corrected chi connectivity index (χ1v) is 5.38. The summed E-state index contributed by atoms with van der Waals surface area (Å²) in [5, 5.41) is 2.85. The maximum absolute atomic E-state index is 13.4. The van der Waals surface area contributed by atoms with Crippen molar-refractivity contribution < 1.29 is 4.39 Å². The zero-order chi connectivity index (χ0) is 13.1. The third-order valence-corrected chi connectivity index (χ3v) is 2.41. The van der Waals surface area contributed by atoms with Gasteiger partial charge in [-0.05, 0) is 24.3 Å². The number of halogens is 1. The highest BCUT2D eigenvalue weighted by Gasteiger charge is 2.05. The van der Waals surface area contributed by atoms with Crippen molar-refractivity contribution in [2.45, 2.75) is 0 Å². The molecule has 0 saturated heterocycles. The minimum Gasteiger partial charge on any atom is -0.378 e. The molecule has 0 spiro atoms. The molecule has 0 aliphatic carbocycles. The quantitative estimate of drug-likeness (QED) is 0.868. The highest BCUT2D eigenvalue weighted by molar-refractivity contribution is 5.61. The van der Waals surface area contributed by atoms with E-state index in [2.05, 4.69) is 15.3 Å². The lowest BCUT2D eigenvalue weighted by Gasteiger charge is -2.13. The van der Waals surface area contributed by atoms with Gasteiger partial charge < -0.3 is 16.0 Å². The molecule has 0 amide bonds. The third-order valence-electron chi connectivity index (χ3n) is 2.41. The fourth-order valence-electron chi connectivity index (χ4n) is 1.45. The van der Waals surface area contributed by atoms with E-state index < -0.39 is 5.82 Å². The lowest BCUT2D eigenvalue weighted by atomic mass is 10.2. The Hall–Kier alpha value is -2.37. The second kappa shape index (κ2) is 4.87. The highest BCUT2D eigenvalue weighted by Crippen LogP contribution is 2.20. The minimum absolute atomic E-state index is 0.0313. The molecule has 5 nitrogen and oxygen atoms in total. The zero-order valence-electron chi connectivity index (χ0n) is 10.2. The van der Waals surface area contributed by atoms with Crippen LogP contribution in [0.15, 0.2) is 30.5 Å². The summed E-state index contributed by atoms with van der Waals surface area (Å²) >= 11 is 0. The lowest BCUT2D eigenvalue weighted by Crippen LogP contribution is -2.08. The molecule has 18 heavy (non-hydrogen) atoms. The van der Waals surface area contributed by atoms with Crippen LogP contribution in [-0.2, 0) is 0 Å². The average molecular weight is 247 g/mol. The monoisotopic (exact) mass is 247 g/mol. The van der Waals surface area contributed by atoms with Crippen LogP contribution in [0.2, 0.25) is 0 Å². The number of nitrogens with one attached hydrogen (secondary N) is 1. The predicted octanol–water partition coefficient (Wildman–Crippen LogP) is 2.01. The molecule has 3 N–H and O–H groups in total. The standard InChI is InChI=1S/C12H14FN5/c1-18(2)9-5-3-8(4-6-9)16-11-10(13)7-15-12(14)17-11/h3-7H,1-2H3,(H3,14,15,16,17). The van der Waals surface area contributed by atoms with Crippen molar-refractivity contribution in [3.63, 3.8) is 0 Å². The van der Waals surface area contributed by atoms with Gasteiger partial charge in [-0.1, -0.05) is 0 Å². The van der Waals surface area contributed by atoms with E-state index in [1.165, 1.54) is 0 Å². The van der Waals surface area contributed by atoms with Crippen LogP contribution in [0.1, 0.15) is 0 Å². The molecular formula is C12H14FN5. The molecule has 0 radical (unpaired) electrons. The maximum atomic E-state index is 13.4. The maximum Gasteiger partial charge on any atom is 0.222 e. The Kier molecular flexibility index (Phi) is 3.27. The molecule has 0 aliphatic heterocycles. The molecule has 1 aromatic carbocycles. The van der Waals surface area contributed by atoms with Gasteiger partial charge in [-0.2, -0.15) is 4.98 Å². The molecule has 94 valence electrons. The fraction of sp³-hybridized carbons (Fsp3) is 0.167. The van der Waals surface area contributed by atoms with Gasteiger partial charge in [0, 0.05) is 25.5 Å². The van der Waals surface area contributed by atoms with Crippen molar-refractivity contribution in [3.8, 4) is 0 Å². The molecule has 0 atom stereocenters. The number of nitrogens with zero attached hydrogens (tertiary/aromatic N) is 3. The van der Waals surface area contributed by atoms with E-state index in [1.807, 2.05) is 43.3 Å². The average Bonchev–Trinajstić information content (AvgIpc) is 2.34. The summed E-state index contributed by atoms with van der Waals surface area (Å²) < 4.78 is 13.4. The van der Waals surface area contributed by atoms with Crippen LogP contribution in [0.3, 0.4) is 0 Å². The first-order valence-electron chi connectivity index (χ1n) is 5.38. The number of nitrogen functional groups attached to an aromatic ring is 1. The van der Waals surface area contributed by atoms with Gasteiger partial charge in [-0.25, -0.2) is 9.37 Å². The Morgan fingerprint density at radius 3 is 2.50 bits per heavy atom. The van der Waals surface area contributed by atoms with Crippen molar-refractivity contribution in [3.05, 3.63) is 36.3 Å². The molecule has 1 aromatic heterocycles. The second-order valence-electron chi connectivity index (χ2n) is 3.99. The Morgan fingerprint density at radius 2 is 1.89 bits per heavy atom. The molecule has 0 unspecified atom stereocenters. The molecule has 0 fully saturated rings. The molecule has 0 aliphatic rings. The van der Waals surface area contributed by atoms with Gasteiger partial charge in [-0.3, -0.25) is 0 Å². The summed E-state index contributed by atoms with van der Waals surface area (Å²) in [5.74, 6) is -0.440. The van der Waals surface area contributed by atoms with Crippen LogP contribution >= 0.6 is 0 Å². The Bertz CT molecular complexity index is 539. The number of aromatic nitrogens is 2. The minimum atomic E-state index is -0.541. The van der Waals surface area contributed by atoms with E-state index >= 15 is 0 Å². The number of nitrogens with two attached hydrogens (primary N) is 1. The van der Waals surface area contributed by atoms with Gasteiger partial charge in [0.05, 0.1) is 6.20 Å². The lowest BCUT2D eigenvalue weighted by molar-refractivity contribution is 0.620. The summed E-state index contributed by atoms with van der Waals surface area (Å²) in [7, 11) is 3.90. The third kappa shape index (κ3) is 2.65. The van der Waals surface area contributed by atoms with Crippen molar-refractivity contribution in [1.82, 2.24) is 9.97 Å².